The van der Waals surface area contributed by atoms with Gasteiger partial charge < -0.3 is 14.5 Å². The number of carbonyl (C=O) groups is 2. The van der Waals surface area contributed by atoms with Crippen molar-refractivity contribution < 1.29 is 23.1 Å². The lowest BCUT2D eigenvalue weighted by Crippen LogP contribution is -2.50. The predicted octanol–water partition coefficient (Wildman–Crippen LogP) is 3.09. The summed E-state index contributed by atoms with van der Waals surface area (Å²) in [5.74, 6) is -3.12. The summed E-state index contributed by atoms with van der Waals surface area (Å²) in [6.45, 7) is 6.04. The fraction of sp³-hybridized carbons (Fsp3) is 0.333. The van der Waals surface area contributed by atoms with Crippen LogP contribution in [0.5, 0.6) is 0 Å². The molecule has 2 aromatic carbocycles. The highest BCUT2D eigenvalue weighted by atomic mass is 19.1. The van der Waals surface area contributed by atoms with E-state index in [0.29, 0.717) is 32.2 Å². The number of rotatable bonds is 4. The average Bonchev–Trinajstić information content (AvgIpc) is 2.68. The van der Waals surface area contributed by atoms with Gasteiger partial charge in [-0.25, -0.2) is 13.6 Å². The molecule has 3 rings (SSSR count). The van der Waals surface area contributed by atoms with Crippen LogP contribution < -0.4 is 4.90 Å². The normalized spacial score (nSPS) is 14.1. The van der Waals surface area contributed by atoms with Gasteiger partial charge in [-0.3, -0.25) is 4.79 Å². The van der Waals surface area contributed by atoms with Crippen LogP contribution in [0.4, 0.5) is 14.5 Å². The Kier molecular flexibility index (Phi) is 5.92. The molecule has 7 heteroatoms. The van der Waals surface area contributed by atoms with Crippen LogP contribution in [0, 0.1) is 25.5 Å². The smallest absolute Gasteiger partial charge is 0.341 e. The van der Waals surface area contributed by atoms with Crippen molar-refractivity contribution in [2.24, 2.45) is 0 Å². The highest BCUT2D eigenvalue weighted by Crippen LogP contribution is 2.23. The third-order valence-corrected chi connectivity index (χ3v) is 5.03. The first-order chi connectivity index (χ1) is 13.4. The number of hydrogen-bond acceptors (Lipinski definition) is 4. The number of anilines is 1. The summed E-state index contributed by atoms with van der Waals surface area (Å²) in [6, 6.07) is 8.72. The van der Waals surface area contributed by atoms with Gasteiger partial charge in [0.25, 0.3) is 5.91 Å². The van der Waals surface area contributed by atoms with Crippen molar-refractivity contribution >= 4 is 17.6 Å². The standard InChI is InChI=1S/C21H22F2N2O3/c1-14-4-3-5-19(15(14)2)24-8-10-25(11-9-24)20(26)13-28-21(27)17-7-6-16(22)12-18(17)23/h3-7,12H,8-11,13H2,1-2H3. The number of piperazine rings is 1. The minimum absolute atomic E-state index is 0.337. The third-order valence-electron chi connectivity index (χ3n) is 5.03. The third kappa shape index (κ3) is 4.30. The van der Waals surface area contributed by atoms with Crippen molar-refractivity contribution in [3.63, 3.8) is 0 Å². The van der Waals surface area contributed by atoms with Gasteiger partial charge in [0.05, 0.1) is 5.56 Å². The van der Waals surface area contributed by atoms with E-state index in [1.54, 1.807) is 4.90 Å². The van der Waals surface area contributed by atoms with Crippen molar-refractivity contribution in [1.29, 1.82) is 0 Å². The Balaban J connectivity index is 1.52. The Morgan fingerprint density at radius 1 is 1.04 bits per heavy atom. The topological polar surface area (TPSA) is 49.9 Å². The van der Waals surface area contributed by atoms with Gasteiger partial charge in [-0.15, -0.1) is 0 Å². The number of halogens is 2. The van der Waals surface area contributed by atoms with Gasteiger partial charge in [-0.05, 0) is 43.2 Å². The first kappa shape index (κ1) is 19.8. The zero-order valence-corrected chi connectivity index (χ0v) is 15.9. The van der Waals surface area contributed by atoms with E-state index in [4.69, 9.17) is 4.74 Å². The Hall–Kier alpha value is -2.96. The lowest BCUT2D eigenvalue weighted by Gasteiger charge is -2.37. The molecular weight excluding hydrogens is 366 g/mol. The van der Waals surface area contributed by atoms with Crippen LogP contribution in [0.15, 0.2) is 36.4 Å². The van der Waals surface area contributed by atoms with Crippen molar-refractivity contribution in [2.75, 3.05) is 37.7 Å². The monoisotopic (exact) mass is 388 g/mol. The minimum atomic E-state index is -1.01. The minimum Gasteiger partial charge on any atom is -0.452 e. The van der Waals surface area contributed by atoms with Gasteiger partial charge >= 0.3 is 5.97 Å². The molecule has 1 aliphatic rings. The SMILES string of the molecule is Cc1cccc(N2CCN(C(=O)COC(=O)c3ccc(F)cc3F)CC2)c1C. The molecule has 0 N–H and O–H groups in total. The first-order valence-corrected chi connectivity index (χ1v) is 9.08. The van der Waals surface area contributed by atoms with Crippen molar-refractivity contribution in [3.05, 3.63) is 64.7 Å². The number of nitrogens with zero attached hydrogens (tertiary/aromatic N) is 2. The molecule has 0 aromatic heterocycles. The van der Waals surface area contributed by atoms with E-state index in [0.717, 1.165) is 17.8 Å². The van der Waals surface area contributed by atoms with Gasteiger partial charge in [0.15, 0.2) is 6.61 Å². The van der Waals surface area contributed by atoms with Gasteiger partial charge in [0.2, 0.25) is 0 Å². The second-order valence-corrected chi connectivity index (χ2v) is 6.79. The van der Waals surface area contributed by atoms with Gasteiger partial charge in [0, 0.05) is 37.9 Å². The molecule has 0 unspecified atom stereocenters. The Bertz CT molecular complexity index is 893. The molecule has 0 radical (unpaired) electrons. The van der Waals surface area contributed by atoms with E-state index >= 15 is 0 Å². The van der Waals surface area contributed by atoms with E-state index in [1.165, 1.54) is 11.1 Å². The molecular formula is C21H22F2N2O3. The first-order valence-electron chi connectivity index (χ1n) is 9.08. The number of carbonyl (C=O) groups excluding carboxylic acids is 2. The van der Waals surface area contributed by atoms with Gasteiger partial charge in [0.1, 0.15) is 11.6 Å². The zero-order chi connectivity index (χ0) is 20.3. The number of esters is 1. The van der Waals surface area contributed by atoms with E-state index in [1.807, 2.05) is 6.07 Å². The van der Waals surface area contributed by atoms with Crippen LogP contribution in [0.1, 0.15) is 21.5 Å². The molecule has 28 heavy (non-hydrogen) atoms. The molecule has 5 nitrogen and oxygen atoms in total. The van der Waals surface area contributed by atoms with E-state index in [2.05, 4.69) is 30.9 Å². The summed E-state index contributed by atoms with van der Waals surface area (Å²) in [5, 5.41) is 0. The molecule has 0 saturated carbocycles. The molecule has 1 amide bonds. The van der Waals surface area contributed by atoms with E-state index in [-0.39, 0.29) is 5.91 Å². The van der Waals surface area contributed by atoms with E-state index in [9.17, 15) is 18.4 Å². The summed E-state index contributed by atoms with van der Waals surface area (Å²) >= 11 is 0. The second kappa shape index (κ2) is 8.37. The van der Waals surface area contributed by atoms with Crippen molar-refractivity contribution in [3.8, 4) is 0 Å². The summed E-state index contributed by atoms with van der Waals surface area (Å²) in [4.78, 5) is 28.1. The Morgan fingerprint density at radius 3 is 2.43 bits per heavy atom. The maximum Gasteiger partial charge on any atom is 0.341 e. The predicted molar refractivity (Wildman–Crippen MR) is 101 cm³/mol. The number of benzene rings is 2. The number of hydrogen-bond donors (Lipinski definition) is 0. The van der Waals surface area contributed by atoms with Crippen LogP contribution in [-0.4, -0.2) is 49.6 Å². The summed E-state index contributed by atoms with van der Waals surface area (Å²) in [5.41, 5.74) is 3.20. The van der Waals surface area contributed by atoms with Crippen LogP contribution in [-0.2, 0) is 9.53 Å². The van der Waals surface area contributed by atoms with Gasteiger partial charge in [-0.2, -0.15) is 0 Å². The van der Waals surface area contributed by atoms with Crippen molar-refractivity contribution in [2.45, 2.75) is 13.8 Å². The molecule has 1 aliphatic heterocycles. The second-order valence-electron chi connectivity index (χ2n) is 6.79. The Morgan fingerprint density at radius 2 is 1.75 bits per heavy atom. The molecule has 0 aliphatic carbocycles. The molecule has 0 bridgehead atoms. The molecule has 0 atom stereocenters. The number of amides is 1. The maximum absolute atomic E-state index is 13.6. The number of aryl methyl sites for hydroxylation is 1. The van der Waals surface area contributed by atoms with Crippen LogP contribution in [0.2, 0.25) is 0 Å². The fourth-order valence-corrected chi connectivity index (χ4v) is 3.23. The van der Waals surface area contributed by atoms with E-state index < -0.39 is 29.8 Å². The Labute approximate surface area is 162 Å². The summed E-state index contributed by atoms with van der Waals surface area (Å²) in [7, 11) is 0. The van der Waals surface area contributed by atoms with Crippen LogP contribution >= 0.6 is 0 Å². The lowest BCUT2D eigenvalue weighted by atomic mass is 10.1. The highest BCUT2D eigenvalue weighted by Gasteiger charge is 2.24. The lowest BCUT2D eigenvalue weighted by molar-refractivity contribution is -0.134. The molecule has 1 heterocycles. The molecule has 148 valence electrons. The van der Waals surface area contributed by atoms with Crippen LogP contribution in [0.25, 0.3) is 0 Å². The van der Waals surface area contributed by atoms with Crippen LogP contribution in [0.3, 0.4) is 0 Å². The average molecular weight is 388 g/mol. The van der Waals surface area contributed by atoms with Gasteiger partial charge in [-0.1, -0.05) is 12.1 Å². The summed E-state index contributed by atoms with van der Waals surface area (Å²) in [6.07, 6.45) is 0. The quantitative estimate of drug-likeness (QED) is 0.756. The molecule has 2 aromatic rings. The summed E-state index contributed by atoms with van der Waals surface area (Å²) < 4.78 is 31.4. The molecule has 1 saturated heterocycles. The zero-order valence-electron chi connectivity index (χ0n) is 15.9. The highest BCUT2D eigenvalue weighted by molar-refractivity contribution is 5.91. The molecule has 0 spiro atoms. The van der Waals surface area contributed by atoms with Crippen molar-refractivity contribution in [1.82, 2.24) is 4.90 Å². The fourth-order valence-electron chi connectivity index (χ4n) is 3.23. The molecule has 1 fully saturated rings. The largest absolute Gasteiger partial charge is 0.452 e. The maximum atomic E-state index is 13.6. The number of ether oxygens (including phenoxy) is 1.